The maximum Gasteiger partial charge on any atom is 0.269 e. The Morgan fingerprint density at radius 2 is 1.87 bits per heavy atom. The topological polar surface area (TPSA) is 62.3 Å². The van der Waals surface area contributed by atoms with Crippen LogP contribution in [0.2, 0.25) is 10.0 Å². The first-order valence-electron chi connectivity index (χ1n) is 9.03. The number of rotatable bonds is 6. The molecule has 2 amide bonds. The minimum absolute atomic E-state index is 0.183. The second-order valence-electron chi connectivity index (χ2n) is 6.54. The molecule has 0 fully saturated rings. The molecule has 154 valence electrons. The Hall–Kier alpha value is -2.96. The van der Waals surface area contributed by atoms with E-state index in [-0.39, 0.29) is 36.2 Å². The van der Waals surface area contributed by atoms with Crippen molar-refractivity contribution in [2.75, 3.05) is 7.05 Å². The van der Waals surface area contributed by atoms with Gasteiger partial charge in [-0.1, -0.05) is 41.4 Å². The van der Waals surface area contributed by atoms with E-state index in [1.165, 1.54) is 36.3 Å². The summed E-state index contributed by atoms with van der Waals surface area (Å²) in [4.78, 5) is 30.4. The van der Waals surface area contributed by atoms with Gasteiger partial charge in [0.25, 0.3) is 11.8 Å². The Balaban J connectivity index is 1.90. The lowest BCUT2D eigenvalue weighted by Crippen LogP contribution is -2.30. The molecule has 0 spiro atoms. The summed E-state index contributed by atoms with van der Waals surface area (Å²) in [6.45, 7) is 0.373. The van der Waals surface area contributed by atoms with Gasteiger partial charge in [0.2, 0.25) is 0 Å². The second-order valence-corrected chi connectivity index (χ2v) is 7.38. The van der Waals surface area contributed by atoms with E-state index in [4.69, 9.17) is 23.2 Å². The first-order chi connectivity index (χ1) is 14.4. The predicted octanol–water partition coefficient (Wildman–Crippen LogP) is 4.73. The number of carbonyl (C=O) groups excluding carboxylic acids is 2. The highest BCUT2D eigenvalue weighted by atomic mass is 35.5. The van der Waals surface area contributed by atoms with Crippen LogP contribution in [0.3, 0.4) is 0 Å². The molecule has 0 aliphatic rings. The van der Waals surface area contributed by atoms with Crippen molar-refractivity contribution < 1.29 is 14.0 Å². The molecule has 0 radical (unpaired) electrons. The van der Waals surface area contributed by atoms with Gasteiger partial charge in [0.15, 0.2) is 0 Å². The maximum absolute atomic E-state index is 13.7. The second kappa shape index (κ2) is 9.69. The average molecular weight is 446 g/mol. The van der Waals surface area contributed by atoms with Crippen molar-refractivity contribution in [3.05, 3.63) is 99.0 Å². The van der Waals surface area contributed by atoms with Gasteiger partial charge in [-0.3, -0.25) is 14.6 Å². The Kier molecular flexibility index (Phi) is 7.03. The van der Waals surface area contributed by atoms with Gasteiger partial charge in [0.05, 0.1) is 0 Å². The monoisotopic (exact) mass is 445 g/mol. The molecule has 0 unspecified atom stereocenters. The molecule has 0 saturated carbocycles. The molecule has 8 heteroatoms. The largest absolute Gasteiger partial charge is 0.354 e. The molecule has 1 heterocycles. The summed E-state index contributed by atoms with van der Waals surface area (Å²) in [6, 6.07) is 13.8. The van der Waals surface area contributed by atoms with Crippen LogP contribution in [-0.4, -0.2) is 28.7 Å². The van der Waals surface area contributed by atoms with Crippen molar-refractivity contribution in [1.29, 1.82) is 0 Å². The molecule has 0 atom stereocenters. The van der Waals surface area contributed by atoms with Gasteiger partial charge in [-0.15, -0.1) is 0 Å². The number of aromatic nitrogens is 1. The predicted molar refractivity (Wildman–Crippen MR) is 114 cm³/mol. The van der Waals surface area contributed by atoms with E-state index in [1.54, 1.807) is 36.4 Å². The fraction of sp³-hybridized carbons (Fsp3) is 0.136. The third-order valence-corrected chi connectivity index (χ3v) is 4.98. The molecule has 1 N–H and O–H groups in total. The zero-order valence-electron chi connectivity index (χ0n) is 16.0. The molecule has 5 nitrogen and oxygen atoms in total. The van der Waals surface area contributed by atoms with Crippen LogP contribution in [0.4, 0.5) is 4.39 Å². The van der Waals surface area contributed by atoms with Gasteiger partial charge in [-0.2, -0.15) is 0 Å². The van der Waals surface area contributed by atoms with Crippen LogP contribution in [0, 0.1) is 5.82 Å². The summed E-state index contributed by atoms with van der Waals surface area (Å²) in [5, 5.41) is 3.41. The van der Waals surface area contributed by atoms with E-state index in [9.17, 15) is 14.0 Å². The van der Waals surface area contributed by atoms with Gasteiger partial charge in [-0.05, 0) is 47.5 Å². The molecule has 0 saturated heterocycles. The SMILES string of the molecule is CNC(=O)c1ccc(CN(Cc2ccc(Cl)cc2Cl)C(=O)c2cccc(F)c2)cn1. The van der Waals surface area contributed by atoms with Crippen LogP contribution in [0.5, 0.6) is 0 Å². The fourth-order valence-electron chi connectivity index (χ4n) is 2.86. The third-order valence-electron chi connectivity index (χ3n) is 4.39. The normalized spacial score (nSPS) is 10.5. The number of hydrogen-bond acceptors (Lipinski definition) is 3. The lowest BCUT2D eigenvalue weighted by molar-refractivity contribution is 0.0729. The number of halogens is 3. The Labute approximate surface area is 183 Å². The quantitative estimate of drug-likeness (QED) is 0.596. The number of nitrogens with one attached hydrogen (secondary N) is 1. The zero-order valence-corrected chi connectivity index (χ0v) is 17.5. The van der Waals surface area contributed by atoms with Crippen molar-refractivity contribution in [1.82, 2.24) is 15.2 Å². The van der Waals surface area contributed by atoms with E-state index in [2.05, 4.69) is 10.3 Å². The van der Waals surface area contributed by atoms with Gasteiger partial charge in [-0.25, -0.2) is 4.39 Å². The molecular weight excluding hydrogens is 428 g/mol. The van der Waals surface area contributed by atoms with E-state index in [1.807, 2.05) is 0 Å². The molecule has 3 aromatic rings. The summed E-state index contributed by atoms with van der Waals surface area (Å²) in [6.07, 6.45) is 1.53. The Morgan fingerprint density at radius 3 is 2.50 bits per heavy atom. The Morgan fingerprint density at radius 1 is 1.07 bits per heavy atom. The van der Waals surface area contributed by atoms with Crippen molar-refractivity contribution >= 4 is 35.0 Å². The van der Waals surface area contributed by atoms with Crippen LogP contribution < -0.4 is 5.32 Å². The zero-order chi connectivity index (χ0) is 21.7. The van der Waals surface area contributed by atoms with Crippen LogP contribution in [0.25, 0.3) is 0 Å². The number of carbonyl (C=O) groups is 2. The van der Waals surface area contributed by atoms with E-state index < -0.39 is 5.82 Å². The number of pyridine rings is 1. The number of nitrogens with zero attached hydrogens (tertiary/aromatic N) is 2. The first kappa shape index (κ1) is 21.7. The molecular formula is C22H18Cl2FN3O2. The molecule has 30 heavy (non-hydrogen) atoms. The van der Waals surface area contributed by atoms with E-state index in [0.29, 0.717) is 21.2 Å². The molecule has 1 aromatic heterocycles. The minimum Gasteiger partial charge on any atom is -0.354 e. The Bertz CT molecular complexity index is 1070. The lowest BCUT2D eigenvalue weighted by Gasteiger charge is -2.24. The van der Waals surface area contributed by atoms with Crippen molar-refractivity contribution in [3.8, 4) is 0 Å². The summed E-state index contributed by atoms with van der Waals surface area (Å²) < 4.78 is 13.7. The van der Waals surface area contributed by atoms with Gasteiger partial charge < -0.3 is 10.2 Å². The van der Waals surface area contributed by atoms with Gasteiger partial charge >= 0.3 is 0 Å². The van der Waals surface area contributed by atoms with Gasteiger partial charge in [0, 0.05) is 41.9 Å². The number of hydrogen-bond donors (Lipinski definition) is 1. The number of benzene rings is 2. The molecule has 3 rings (SSSR count). The van der Waals surface area contributed by atoms with Crippen LogP contribution in [0.1, 0.15) is 32.0 Å². The van der Waals surface area contributed by atoms with Crippen LogP contribution in [-0.2, 0) is 13.1 Å². The van der Waals surface area contributed by atoms with E-state index >= 15 is 0 Å². The van der Waals surface area contributed by atoms with Crippen molar-refractivity contribution in [2.24, 2.45) is 0 Å². The molecule has 0 aliphatic carbocycles. The molecule has 2 aromatic carbocycles. The highest BCUT2D eigenvalue weighted by Crippen LogP contribution is 2.24. The maximum atomic E-state index is 13.7. The molecule has 0 bridgehead atoms. The number of amides is 2. The smallest absolute Gasteiger partial charge is 0.269 e. The summed E-state index contributed by atoms with van der Waals surface area (Å²) >= 11 is 12.2. The highest BCUT2D eigenvalue weighted by Gasteiger charge is 2.19. The third kappa shape index (κ3) is 5.34. The summed E-state index contributed by atoms with van der Waals surface area (Å²) in [5.74, 6) is -1.17. The minimum atomic E-state index is -0.498. The van der Waals surface area contributed by atoms with Crippen LogP contribution in [0.15, 0.2) is 60.8 Å². The first-order valence-corrected chi connectivity index (χ1v) is 9.78. The van der Waals surface area contributed by atoms with Crippen molar-refractivity contribution in [2.45, 2.75) is 13.1 Å². The average Bonchev–Trinajstić information content (AvgIpc) is 2.74. The van der Waals surface area contributed by atoms with Crippen LogP contribution >= 0.6 is 23.2 Å². The standard InChI is InChI=1S/C22H18Cl2FN3O2/c1-26-21(29)20-8-5-14(11-27-20)12-28(13-16-6-7-17(23)10-19(16)24)22(30)15-3-2-4-18(25)9-15/h2-11H,12-13H2,1H3,(H,26,29). The summed E-state index contributed by atoms with van der Waals surface area (Å²) in [7, 11) is 1.52. The van der Waals surface area contributed by atoms with Crippen molar-refractivity contribution in [3.63, 3.8) is 0 Å². The fourth-order valence-corrected chi connectivity index (χ4v) is 3.33. The lowest BCUT2D eigenvalue weighted by atomic mass is 10.1. The summed E-state index contributed by atoms with van der Waals surface area (Å²) in [5.41, 5.74) is 1.89. The van der Waals surface area contributed by atoms with Gasteiger partial charge in [0.1, 0.15) is 11.5 Å². The molecule has 0 aliphatic heterocycles. The van der Waals surface area contributed by atoms with E-state index in [0.717, 1.165) is 0 Å². The highest BCUT2D eigenvalue weighted by molar-refractivity contribution is 6.35.